The molecule has 3 heterocycles. The molecule has 0 spiro atoms. The van der Waals surface area contributed by atoms with Gasteiger partial charge in [-0.2, -0.15) is 0 Å². The van der Waals surface area contributed by atoms with E-state index >= 15 is 0 Å². The molecule has 0 atom stereocenters. The smallest absolute Gasteiger partial charge is 0.331 e. The molecular formula is C25H23N5O5. The van der Waals surface area contributed by atoms with Crippen molar-refractivity contribution in [2.24, 2.45) is 0 Å². The predicted octanol–water partition coefficient (Wildman–Crippen LogP) is 1.82. The summed E-state index contributed by atoms with van der Waals surface area (Å²) in [6.45, 7) is 1.31. The first kappa shape index (κ1) is 22.3. The monoisotopic (exact) mass is 473 g/mol. The van der Waals surface area contributed by atoms with Gasteiger partial charge in [0.15, 0.2) is 0 Å². The van der Waals surface area contributed by atoms with Crippen molar-refractivity contribution in [1.82, 2.24) is 14.5 Å². The van der Waals surface area contributed by atoms with Crippen LogP contribution in [-0.2, 0) is 29.0 Å². The summed E-state index contributed by atoms with van der Waals surface area (Å²) in [6.07, 6.45) is 0.872. The summed E-state index contributed by atoms with van der Waals surface area (Å²) in [7, 11) is 0. The van der Waals surface area contributed by atoms with Gasteiger partial charge in [0.1, 0.15) is 0 Å². The van der Waals surface area contributed by atoms with Gasteiger partial charge < -0.3 is 10.0 Å². The molecule has 1 N–H and O–H groups in total. The average Bonchev–Trinajstić information content (AvgIpc) is 3.25. The number of hydrogen-bond donors (Lipinski definition) is 1. The molecule has 0 saturated carbocycles. The van der Waals surface area contributed by atoms with E-state index in [2.05, 4.69) is 0 Å². The molecule has 5 rings (SSSR count). The molecule has 35 heavy (non-hydrogen) atoms. The minimum Gasteiger partial charge on any atom is -0.481 e. The third-order valence-corrected chi connectivity index (χ3v) is 6.24. The first-order valence-corrected chi connectivity index (χ1v) is 11.3. The van der Waals surface area contributed by atoms with Crippen LogP contribution in [0.1, 0.15) is 16.8 Å². The Morgan fingerprint density at radius 2 is 1.71 bits per heavy atom. The summed E-state index contributed by atoms with van der Waals surface area (Å²) in [5, 5.41) is 9.22. The van der Waals surface area contributed by atoms with Gasteiger partial charge in [0.05, 0.1) is 24.3 Å². The quantitative estimate of drug-likeness (QED) is 0.546. The van der Waals surface area contributed by atoms with Crippen LogP contribution in [-0.4, -0.2) is 57.6 Å². The molecule has 0 bridgehead atoms. The molecule has 3 aromatic rings. The molecule has 0 unspecified atom stereocenters. The second-order valence-corrected chi connectivity index (χ2v) is 8.47. The van der Waals surface area contributed by atoms with Crippen LogP contribution in [0, 0.1) is 0 Å². The van der Waals surface area contributed by atoms with Crippen LogP contribution in [0.15, 0.2) is 59.4 Å². The lowest BCUT2D eigenvalue weighted by Gasteiger charge is -2.28. The second kappa shape index (κ2) is 9.05. The topological polar surface area (TPSA) is 116 Å². The number of aromatic nitrogens is 2. The maximum Gasteiger partial charge on any atom is 0.331 e. The van der Waals surface area contributed by atoms with Gasteiger partial charge in [-0.05, 0) is 36.2 Å². The van der Waals surface area contributed by atoms with Crippen molar-refractivity contribution >= 4 is 30.0 Å². The molecule has 10 heteroatoms. The largest absolute Gasteiger partial charge is 0.481 e. The van der Waals surface area contributed by atoms with Gasteiger partial charge in [-0.3, -0.25) is 24.2 Å². The maximum absolute atomic E-state index is 13.7. The lowest BCUT2D eigenvalue weighted by atomic mass is 10.1. The molecule has 1 saturated heterocycles. The average molecular weight is 473 g/mol. The van der Waals surface area contributed by atoms with Crippen LogP contribution in [0.2, 0.25) is 0 Å². The standard InChI is InChI=1S/C25H23N5O5/c31-16-27-10-9-20-21(15-27)26-24(29-12-11-28(25(29)35)18-6-2-1-3-7-18)30(23(20)34)19-8-4-5-17(13-19)14-22(32)33/h1-8,13,16H,9-12,14-15H2,(H,32,33). The summed E-state index contributed by atoms with van der Waals surface area (Å²) in [5.74, 6) is -0.835. The van der Waals surface area contributed by atoms with Gasteiger partial charge in [-0.25, -0.2) is 14.3 Å². The Morgan fingerprint density at radius 1 is 0.971 bits per heavy atom. The number of urea groups is 1. The van der Waals surface area contributed by atoms with Gasteiger partial charge >= 0.3 is 12.0 Å². The SMILES string of the molecule is O=CN1CCc2c(nc(N3CCN(c4ccccc4)C3=O)n(-c3cccc(CC(=O)O)c3)c2=O)C1. The first-order valence-electron chi connectivity index (χ1n) is 11.3. The molecular weight excluding hydrogens is 450 g/mol. The first-order chi connectivity index (χ1) is 17.0. The molecule has 1 fully saturated rings. The fourth-order valence-corrected chi connectivity index (χ4v) is 4.55. The van der Waals surface area contributed by atoms with E-state index in [9.17, 15) is 24.3 Å². The maximum atomic E-state index is 13.7. The zero-order chi connectivity index (χ0) is 24.5. The predicted molar refractivity (Wildman–Crippen MR) is 128 cm³/mol. The fraction of sp³-hybridized carbons (Fsp3) is 0.240. The van der Waals surface area contributed by atoms with Gasteiger partial charge in [0.2, 0.25) is 12.4 Å². The molecule has 3 amide bonds. The number of carbonyl (C=O) groups is 3. The zero-order valence-corrected chi connectivity index (χ0v) is 18.8. The number of carbonyl (C=O) groups excluding carboxylic acids is 2. The summed E-state index contributed by atoms with van der Waals surface area (Å²) in [5.41, 5.74) is 2.32. The minimum atomic E-state index is -0.986. The number of benzene rings is 2. The highest BCUT2D eigenvalue weighted by Crippen LogP contribution is 2.27. The van der Waals surface area contributed by atoms with Crippen LogP contribution in [0.5, 0.6) is 0 Å². The van der Waals surface area contributed by atoms with Gasteiger partial charge in [0, 0.05) is 30.9 Å². The van der Waals surface area contributed by atoms with Crippen LogP contribution < -0.4 is 15.4 Å². The third kappa shape index (κ3) is 4.14. The molecule has 0 radical (unpaired) electrons. The number of amides is 3. The van der Waals surface area contributed by atoms with Gasteiger partial charge in [0.25, 0.3) is 5.56 Å². The molecule has 1 aromatic heterocycles. The number of carboxylic acid groups (broad SMARTS) is 1. The Kier molecular flexibility index (Phi) is 5.77. The molecule has 2 aromatic carbocycles. The zero-order valence-electron chi connectivity index (χ0n) is 18.8. The molecule has 178 valence electrons. The van der Waals surface area contributed by atoms with E-state index in [1.165, 1.54) is 9.47 Å². The Hall–Kier alpha value is -4.47. The number of nitrogens with zero attached hydrogens (tertiary/aromatic N) is 5. The second-order valence-electron chi connectivity index (χ2n) is 8.47. The summed E-state index contributed by atoms with van der Waals surface area (Å²) in [6, 6.07) is 15.6. The summed E-state index contributed by atoms with van der Waals surface area (Å²) >= 11 is 0. The number of hydrogen-bond acceptors (Lipinski definition) is 5. The Morgan fingerprint density at radius 3 is 2.46 bits per heavy atom. The van der Waals surface area contributed by atoms with Crippen LogP contribution >= 0.6 is 0 Å². The van der Waals surface area contributed by atoms with Crippen molar-refractivity contribution in [1.29, 1.82) is 0 Å². The van der Waals surface area contributed by atoms with Crippen molar-refractivity contribution in [3.63, 3.8) is 0 Å². The number of rotatable bonds is 6. The van der Waals surface area contributed by atoms with Crippen LogP contribution in [0.25, 0.3) is 5.69 Å². The number of fused-ring (bicyclic) bond motifs is 1. The lowest BCUT2D eigenvalue weighted by molar-refractivity contribution is -0.136. The minimum absolute atomic E-state index is 0.150. The van der Waals surface area contributed by atoms with Crippen molar-refractivity contribution in [3.05, 3.63) is 81.8 Å². The van der Waals surface area contributed by atoms with Crippen molar-refractivity contribution in [2.75, 3.05) is 29.4 Å². The normalized spacial score (nSPS) is 15.3. The molecule has 10 nitrogen and oxygen atoms in total. The highest BCUT2D eigenvalue weighted by atomic mass is 16.4. The lowest BCUT2D eigenvalue weighted by Crippen LogP contribution is -2.41. The Balaban J connectivity index is 1.64. The van der Waals surface area contributed by atoms with E-state index < -0.39 is 5.97 Å². The summed E-state index contributed by atoms with van der Waals surface area (Å²) < 4.78 is 1.38. The van der Waals surface area contributed by atoms with E-state index in [-0.39, 0.29) is 30.5 Å². The van der Waals surface area contributed by atoms with E-state index in [0.717, 1.165) is 12.1 Å². The Bertz CT molecular complexity index is 1370. The van der Waals surface area contributed by atoms with Crippen LogP contribution in [0.4, 0.5) is 16.4 Å². The Labute approximate surface area is 200 Å². The van der Waals surface area contributed by atoms with Crippen molar-refractivity contribution in [2.45, 2.75) is 19.4 Å². The van der Waals surface area contributed by atoms with Gasteiger partial charge in [-0.15, -0.1) is 0 Å². The fourth-order valence-electron chi connectivity index (χ4n) is 4.55. The van der Waals surface area contributed by atoms with Gasteiger partial charge in [-0.1, -0.05) is 30.3 Å². The number of anilines is 2. The van der Waals surface area contributed by atoms with Crippen molar-refractivity contribution < 1.29 is 19.5 Å². The van der Waals surface area contributed by atoms with E-state index in [1.807, 2.05) is 30.3 Å². The van der Waals surface area contributed by atoms with Crippen LogP contribution in [0.3, 0.4) is 0 Å². The highest BCUT2D eigenvalue weighted by molar-refractivity contribution is 6.05. The molecule has 0 aliphatic carbocycles. The van der Waals surface area contributed by atoms with E-state index in [1.54, 1.807) is 34.1 Å². The van der Waals surface area contributed by atoms with Crippen molar-refractivity contribution in [3.8, 4) is 5.69 Å². The third-order valence-electron chi connectivity index (χ3n) is 6.24. The molecule has 2 aliphatic heterocycles. The number of carboxylic acids is 1. The highest BCUT2D eigenvalue weighted by Gasteiger charge is 2.35. The number of aliphatic carboxylic acids is 1. The van der Waals surface area contributed by atoms with E-state index in [0.29, 0.717) is 48.6 Å². The summed E-state index contributed by atoms with van der Waals surface area (Å²) in [4.78, 5) is 59.1. The van der Waals surface area contributed by atoms with E-state index in [4.69, 9.17) is 4.98 Å². The molecule has 2 aliphatic rings. The number of para-hydroxylation sites is 1.